The van der Waals surface area contributed by atoms with Crippen LogP contribution in [-0.2, 0) is 11.2 Å². The van der Waals surface area contributed by atoms with Gasteiger partial charge in [0.25, 0.3) is 0 Å². The number of benzene rings is 1. The summed E-state index contributed by atoms with van der Waals surface area (Å²) in [5.74, 6) is 6.17. The van der Waals surface area contributed by atoms with Crippen LogP contribution in [0.15, 0.2) is 12.1 Å². The molecule has 1 fully saturated rings. The number of carbonyl (C=O) groups excluding carboxylic acids is 1. The van der Waals surface area contributed by atoms with E-state index in [1.165, 1.54) is 23.4 Å². The van der Waals surface area contributed by atoms with Crippen molar-refractivity contribution in [3.8, 4) is 0 Å². The Hall–Kier alpha value is -1.06. The molecular weight excluding hydrogens is 212 g/mol. The van der Waals surface area contributed by atoms with Crippen molar-refractivity contribution in [2.45, 2.75) is 25.2 Å². The Morgan fingerprint density at radius 3 is 2.80 bits per heavy atom. The van der Waals surface area contributed by atoms with E-state index in [0.717, 1.165) is 16.3 Å². The molecule has 1 amide bonds. The monoisotopic (exact) mass is 222 g/mol. The van der Waals surface area contributed by atoms with Gasteiger partial charge in [-0.05, 0) is 36.0 Å². The molecule has 3 rings (SSSR count). The lowest BCUT2D eigenvalue weighted by molar-refractivity contribution is -0.117. The van der Waals surface area contributed by atoms with Crippen LogP contribution < -0.4 is 10.9 Å². The van der Waals surface area contributed by atoms with E-state index in [2.05, 4.69) is 0 Å². The maximum atomic E-state index is 11.4. The second-order valence-corrected chi connectivity index (χ2v) is 4.62. The molecule has 2 N–H and O–H groups in total. The van der Waals surface area contributed by atoms with E-state index in [1.807, 2.05) is 12.1 Å². The predicted octanol–water partition coefficient (Wildman–Crippen LogP) is 1.98. The maximum absolute atomic E-state index is 11.4. The summed E-state index contributed by atoms with van der Waals surface area (Å²) in [6, 6.07) is 3.86. The topological polar surface area (TPSA) is 46.3 Å². The van der Waals surface area contributed by atoms with Crippen molar-refractivity contribution in [2.24, 2.45) is 5.84 Å². The van der Waals surface area contributed by atoms with Crippen LogP contribution in [0.3, 0.4) is 0 Å². The van der Waals surface area contributed by atoms with Gasteiger partial charge in [0.15, 0.2) is 0 Å². The Labute approximate surface area is 92.8 Å². The van der Waals surface area contributed by atoms with Crippen LogP contribution in [0.4, 0.5) is 5.69 Å². The average molecular weight is 223 g/mol. The van der Waals surface area contributed by atoms with Gasteiger partial charge in [-0.2, -0.15) is 0 Å². The van der Waals surface area contributed by atoms with Crippen LogP contribution >= 0.6 is 11.6 Å². The van der Waals surface area contributed by atoms with Crippen LogP contribution in [0.25, 0.3) is 0 Å². The predicted molar refractivity (Wildman–Crippen MR) is 58.8 cm³/mol. The van der Waals surface area contributed by atoms with Gasteiger partial charge < -0.3 is 0 Å². The number of hydrazine groups is 1. The Morgan fingerprint density at radius 1 is 1.40 bits per heavy atom. The highest BCUT2D eigenvalue weighted by Gasteiger charge is 2.31. The van der Waals surface area contributed by atoms with Gasteiger partial charge in [-0.1, -0.05) is 17.7 Å². The number of nitrogens with two attached hydrogens (primary N) is 1. The number of rotatable bonds is 1. The van der Waals surface area contributed by atoms with Crippen molar-refractivity contribution in [3.63, 3.8) is 0 Å². The average Bonchev–Trinajstić information content (AvgIpc) is 2.98. The molecule has 0 unspecified atom stereocenters. The molecule has 1 aromatic rings. The normalized spacial score (nSPS) is 19.6. The number of hydrogen-bond acceptors (Lipinski definition) is 2. The Balaban J connectivity index is 2.11. The van der Waals surface area contributed by atoms with E-state index < -0.39 is 0 Å². The quantitative estimate of drug-likeness (QED) is 0.584. The fraction of sp³-hybridized carbons (Fsp3) is 0.364. The van der Waals surface area contributed by atoms with Gasteiger partial charge in [0.05, 0.1) is 12.1 Å². The van der Waals surface area contributed by atoms with E-state index in [1.54, 1.807) is 0 Å². The van der Waals surface area contributed by atoms with Gasteiger partial charge >= 0.3 is 0 Å². The third-order valence-electron chi connectivity index (χ3n) is 3.09. The second kappa shape index (κ2) is 2.97. The van der Waals surface area contributed by atoms with Crippen molar-refractivity contribution in [3.05, 3.63) is 28.3 Å². The molecule has 0 saturated heterocycles. The number of fused-ring (bicyclic) bond motifs is 1. The molecule has 1 aliphatic carbocycles. The highest BCUT2D eigenvalue weighted by atomic mass is 35.5. The summed E-state index contributed by atoms with van der Waals surface area (Å²) in [7, 11) is 0. The summed E-state index contributed by atoms with van der Waals surface area (Å²) in [6.07, 6.45) is 2.82. The first-order chi connectivity index (χ1) is 7.16. The summed E-state index contributed by atoms with van der Waals surface area (Å²) < 4.78 is 0. The van der Waals surface area contributed by atoms with E-state index in [4.69, 9.17) is 17.4 Å². The lowest BCUT2D eigenvalue weighted by atomic mass is 10.0. The number of hydrogen-bond donors (Lipinski definition) is 1. The minimum absolute atomic E-state index is 0.0611. The molecule has 1 aliphatic heterocycles. The van der Waals surface area contributed by atoms with Gasteiger partial charge in [0.1, 0.15) is 0 Å². The highest BCUT2D eigenvalue weighted by molar-refractivity contribution is 6.32. The fourth-order valence-electron chi connectivity index (χ4n) is 2.08. The van der Waals surface area contributed by atoms with Crippen LogP contribution in [0.1, 0.15) is 29.9 Å². The summed E-state index contributed by atoms with van der Waals surface area (Å²) in [5, 5.41) is 1.93. The molecule has 15 heavy (non-hydrogen) atoms. The molecule has 1 saturated carbocycles. The molecule has 1 aromatic carbocycles. The minimum Gasteiger partial charge on any atom is -0.273 e. The molecule has 0 atom stereocenters. The number of anilines is 1. The van der Waals surface area contributed by atoms with E-state index in [-0.39, 0.29) is 5.91 Å². The zero-order valence-electron chi connectivity index (χ0n) is 8.16. The third-order valence-corrected chi connectivity index (χ3v) is 3.41. The lowest BCUT2D eigenvalue weighted by Gasteiger charge is -2.11. The van der Waals surface area contributed by atoms with E-state index in [9.17, 15) is 4.79 Å². The van der Waals surface area contributed by atoms with E-state index in [0.29, 0.717) is 12.3 Å². The van der Waals surface area contributed by atoms with Crippen LogP contribution in [0, 0.1) is 0 Å². The zero-order chi connectivity index (χ0) is 10.6. The molecule has 0 spiro atoms. The van der Waals surface area contributed by atoms with Crippen molar-refractivity contribution >= 4 is 23.2 Å². The van der Waals surface area contributed by atoms with Crippen molar-refractivity contribution < 1.29 is 4.79 Å². The van der Waals surface area contributed by atoms with Gasteiger partial charge in [-0.3, -0.25) is 4.79 Å². The molecule has 4 heteroatoms. The first-order valence-corrected chi connectivity index (χ1v) is 5.44. The molecule has 78 valence electrons. The first-order valence-electron chi connectivity index (χ1n) is 5.07. The summed E-state index contributed by atoms with van der Waals surface area (Å²) in [6.45, 7) is 0. The maximum Gasteiger partial charge on any atom is 0.245 e. The molecule has 0 bridgehead atoms. The Bertz CT molecular complexity index is 454. The first kappa shape index (κ1) is 9.19. The highest BCUT2D eigenvalue weighted by Crippen LogP contribution is 2.45. The van der Waals surface area contributed by atoms with Crippen molar-refractivity contribution in [1.82, 2.24) is 0 Å². The molecule has 1 heterocycles. The van der Waals surface area contributed by atoms with Crippen molar-refractivity contribution in [2.75, 3.05) is 5.01 Å². The van der Waals surface area contributed by atoms with Crippen LogP contribution in [0.2, 0.25) is 5.02 Å². The minimum atomic E-state index is -0.0611. The Morgan fingerprint density at radius 2 is 2.13 bits per heavy atom. The molecular formula is C11H11ClN2O. The molecule has 0 radical (unpaired) electrons. The number of carbonyl (C=O) groups is 1. The van der Waals surface area contributed by atoms with Crippen LogP contribution in [-0.4, -0.2) is 5.91 Å². The van der Waals surface area contributed by atoms with Gasteiger partial charge in [0.2, 0.25) is 5.91 Å². The SMILES string of the molecule is NN1C(=O)Cc2cc(C3CC3)c(Cl)cc21. The molecule has 3 nitrogen and oxygen atoms in total. The number of nitrogens with zero attached hydrogens (tertiary/aromatic N) is 1. The number of amides is 1. The number of halogens is 1. The van der Waals surface area contributed by atoms with Gasteiger partial charge in [-0.25, -0.2) is 10.9 Å². The van der Waals surface area contributed by atoms with Crippen LogP contribution in [0.5, 0.6) is 0 Å². The van der Waals surface area contributed by atoms with Gasteiger partial charge in [0, 0.05) is 5.02 Å². The van der Waals surface area contributed by atoms with E-state index >= 15 is 0 Å². The molecule has 2 aliphatic rings. The summed E-state index contributed by atoms with van der Waals surface area (Å²) in [4.78, 5) is 11.4. The summed E-state index contributed by atoms with van der Waals surface area (Å²) in [5.41, 5.74) is 2.95. The smallest absolute Gasteiger partial charge is 0.245 e. The summed E-state index contributed by atoms with van der Waals surface area (Å²) >= 11 is 6.16. The Kier molecular flexibility index (Phi) is 1.82. The van der Waals surface area contributed by atoms with Crippen molar-refractivity contribution in [1.29, 1.82) is 0 Å². The molecule has 0 aromatic heterocycles. The second-order valence-electron chi connectivity index (χ2n) is 4.22. The fourth-order valence-corrected chi connectivity index (χ4v) is 2.39. The third kappa shape index (κ3) is 1.34. The standard InChI is InChI=1S/C11H11ClN2O/c12-9-5-10-7(4-11(15)14(10)13)3-8(9)6-1-2-6/h3,5-6H,1-2,4,13H2. The van der Waals surface area contributed by atoms with Gasteiger partial charge in [-0.15, -0.1) is 0 Å². The largest absolute Gasteiger partial charge is 0.273 e. The zero-order valence-corrected chi connectivity index (χ0v) is 8.92. The lowest BCUT2D eigenvalue weighted by Crippen LogP contribution is -2.33.